The van der Waals surface area contributed by atoms with Crippen LogP contribution in [-0.2, 0) is 4.79 Å². The van der Waals surface area contributed by atoms with E-state index >= 15 is 0 Å². The third-order valence-electron chi connectivity index (χ3n) is 2.28. The number of nitrogens with two attached hydrogens (primary N) is 1. The van der Waals surface area contributed by atoms with Gasteiger partial charge in [-0.15, -0.1) is 0 Å². The number of unbranched alkanes of at least 4 members (excludes halogenated alkanes) is 1. The van der Waals surface area contributed by atoms with Crippen molar-refractivity contribution in [1.82, 2.24) is 0 Å². The highest BCUT2D eigenvalue weighted by molar-refractivity contribution is 5.76. The molecule has 0 heterocycles. The van der Waals surface area contributed by atoms with Crippen LogP contribution < -0.4 is 10.5 Å². The fraction of sp³-hybridized carbons (Fsp3) is 0.417. The molecule has 3 N–H and O–H groups in total. The van der Waals surface area contributed by atoms with Gasteiger partial charge in [0.2, 0.25) is 0 Å². The predicted molar refractivity (Wildman–Crippen MR) is 61.4 cm³/mol. The molecule has 1 unspecified atom stereocenters. The average Bonchev–Trinajstić information content (AvgIpc) is 2.29. The van der Waals surface area contributed by atoms with E-state index in [4.69, 9.17) is 15.6 Å². The highest BCUT2D eigenvalue weighted by Gasteiger charge is 2.18. The van der Waals surface area contributed by atoms with Gasteiger partial charge in [0.25, 0.3) is 0 Å². The standard InChI is InChI=1S/C12H17NO3/c1-2-3-8-16-10-7-5-4-6-9(10)11(13)12(14)15/h4-7,11H,2-3,8,13H2,1H3,(H,14,15). The zero-order valence-electron chi connectivity index (χ0n) is 9.35. The Morgan fingerprint density at radius 3 is 2.81 bits per heavy atom. The summed E-state index contributed by atoms with van der Waals surface area (Å²) in [6.45, 7) is 2.65. The van der Waals surface area contributed by atoms with Crippen LogP contribution in [0, 0.1) is 0 Å². The van der Waals surface area contributed by atoms with Gasteiger partial charge in [0.1, 0.15) is 11.8 Å². The monoisotopic (exact) mass is 223 g/mol. The van der Waals surface area contributed by atoms with Gasteiger partial charge in [-0.1, -0.05) is 31.5 Å². The molecular formula is C12H17NO3. The van der Waals surface area contributed by atoms with E-state index in [2.05, 4.69) is 6.92 Å². The zero-order chi connectivity index (χ0) is 12.0. The normalized spacial score (nSPS) is 12.1. The molecule has 4 heteroatoms. The average molecular weight is 223 g/mol. The van der Waals surface area contributed by atoms with Crippen LogP contribution >= 0.6 is 0 Å². The van der Waals surface area contributed by atoms with Crippen molar-refractivity contribution >= 4 is 5.97 Å². The van der Waals surface area contributed by atoms with Crippen LogP contribution in [0.25, 0.3) is 0 Å². The van der Waals surface area contributed by atoms with Crippen LogP contribution in [0.1, 0.15) is 31.4 Å². The van der Waals surface area contributed by atoms with Crippen molar-refractivity contribution in [2.75, 3.05) is 6.61 Å². The second kappa shape index (κ2) is 6.12. The molecule has 0 saturated carbocycles. The van der Waals surface area contributed by atoms with E-state index in [1.165, 1.54) is 0 Å². The number of carbonyl (C=O) groups is 1. The zero-order valence-corrected chi connectivity index (χ0v) is 9.35. The highest BCUT2D eigenvalue weighted by Crippen LogP contribution is 2.23. The SMILES string of the molecule is CCCCOc1ccccc1C(N)C(=O)O. The van der Waals surface area contributed by atoms with Crippen LogP contribution in [0.2, 0.25) is 0 Å². The quantitative estimate of drug-likeness (QED) is 0.723. The molecule has 0 aliphatic carbocycles. The van der Waals surface area contributed by atoms with Gasteiger partial charge >= 0.3 is 5.97 Å². The summed E-state index contributed by atoms with van der Waals surface area (Å²) in [4.78, 5) is 10.8. The lowest BCUT2D eigenvalue weighted by atomic mass is 10.1. The van der Waals surface area contributed by atoms with Crippen LogP contribution in [0.4, 0.5) is 0 Å². The Kier molecular flexibility index (Phi) is 4.79. The Morgan fingerprint density at radius 1 is 1.50 bits per heavy atom. The number of hydrogen-bond acceptors (Lipinski definition) is 3. The second-order valence-electron chi connectivity index (χ2n) is 3.56. The van der Waals surface area contributed by atoms with E-state index < -0.39 is 12.0 Å². The van der Waals surface area contributed by atoms with Crippen molar-refractivity contribution in [3.8, 4) is 5.75 Å². The molecule has 88 valence electrons. The van der Waals surface area contributed by atoms with Gasteiger partial charge in [-0.2, -0.15) is 0 Å². The van der Waals surface area contributed by atoms with E-state index in [-0.39, 0.29) is 0 Å². The van der Waals surface area contributed by atoms with Crippen molar-refractivity contribution in [3.63, 3.8) is 0 Å². The largest absolute Gasteiger partial charge is 0.493 e. The molecule has 1 atom stereocenters. The Hall–Kier alpha value is -1.55. The minimum absolute atomic E-state index is 0.520. The molecule has 0 fully saturated rings. The first-order valence-electron chi connectivity index (χ1n) is 5.37. The molecule has 0 spiro atoms. The molecule has 0 saturated heterocycles. The van der Waals surface area contributed by atoms with Crippen molar-refractivity contribution in [2.24, 2.45) is 5.73 Å². The van der Waals surface area contributed by atoms with Crippen molar-refractivity contribution in [1.29, 1.82) is 0 Å². The molecular weight excluding hydrogens is 206 g/mol. The molecule has 0 radical (unpaired) electrons. The van der Waals surface area contributed by atoms with Gasteiger partial charge in [0, 0.05) is 5.56 Å². The first-order valence-corrected chi connectivity index (χ1v) is 5.37. The van der Waals surface area contributed by atoms with Crippen molar-refractivity contribution < 1.29 is 14.6 Å². The Labute approximate surface area is 95.0 Å². The summed E-state index contributed by atoms with van der Waals surface area (Å²) in [7, 11) is 0. The van der Waals surface area contributed by atoms with Gasteiger partial charge < -0.3 is 15.6 Å². The molecule has 0 aliphatic rings. The Balaban J connectivity index is 2.79. The summed E-state index contributed by atoms with van der Waals surface area (Å²) in [5.41, 5.74) is 6.08. The number of carboxylic acid groups (broad SMARTS) is 1. The summed E-state index contributed by atoms with van der Waals surface area (Å²) in [5, 5.41) is 8.85. The molecule has 1 aromatic rings. The molecule has 1 aromatic carbocycles. The fourth-order valence-electron chi connectivity index (χ4n) is 1.33. The van der Waals surface area contributed by atoms with E-state index in [1.54, 1.807) is 24.3 Å². The second-order valence-corrected chi connectivity index (χ2v) is 3.56. The maximum Gasteiger partial charge on any atom is 0.325 e. The van der Waals surface area contributed by atoms with Crippen LogP contribution in [0.5, 0.6) is 5.75 Å². The first-order chi connectivity index (χ1) is 7.66. The number of carboxylic acids is 1. The predicted octanol–water partition coefficient (Wildman–Crippen LogP) is 1.95. The van der Waals surface area contributed by atoms with Gasteiger partial charge in [0.15, 0.2) is 0 Å². The Morgan fingerprint density at radius 2 is 2.19 bits per heavy atom. The van der Waals surface area contributed by atoms with Gasteiger partial charge in [-0.05, 0) is 12.5 Å². The number of aliphatic carboxylic acids is 1. The third kappa shape index (κ3) is 3.24. The lowest BCUT2D eigenvalue weighted by molar-refractivity contribution is -0.138. The minimum Gasteiger partial charge on any atom is -0.493 e. The van der Waals surface area contributed by atoms with E-state index in [1.807, 2.05) is 0 Å². The van der Waals surface area contributed by atoms with E-state index in [0.717, 1.165) is 12.8 Å². The van der Waals surface area contributed by atoms with E-state index in [0.29, 0.717) is 17.9 Å². The highest BCUT2D eigenvalue weighted by atomic mass is 16.5. The Bertz CT molecular complexity index is 352. The van der Waals surface area contributed by atoms with Gasteiger partial charge in [-0.3, -0.25) is 4.79 Å². The molecule has 0 aromatic heterocycles. The fourth-order valence-corrected chi connectivity index (χ4v) is 1.33. The van der Waals surface area contributed by atoms with Crippen LogP contribution in [0.15, 0.2) is 24.3 Å². The summed E-state index contributed by atoms with van der Waals surface area (Å²) in [5.74, 6) is -0.489. The summed E-state index contributed by atoms with van der Waals surface area (Å²) in [6, 6.07) is 5.95. The number of rotatable bonds is 6. The summed E-state index contributed by atoms with van der Waals surface area (Å²) < 4.78 is 5.51. The third-order valence-corrected chi connectivity index (χ3v) is 2.28. The summed E-state index contributed by atoms with van der Waals surface area (Å²) in [6.07, 6.45) is 1.98. The topological polar surface area (TPSA) is 72.5 Å². The molecule has 0 aliphatic heterocycles. The van der Waals surface area contributed by atoms with Crippen LogP contribution in [0.3, 0.4) is 0 Å². The number of benzene rings is 1. The number of para-hydroxylation sites is 1. The smallest absolute Gasteiger partial charge is 0.325 e. The molecule has 0 bridgehead atoms. The molecule has 1 rings (SSSR count). The molecule has 16 heavy (non-hydrogen) atoms. The van der Waals surface area contributed by atoms with Crippen molar-refractivity contribution in [2.45, 2.75) is 25.8 Å². The minimum atomic E-state index is -1.05. The maximum absolute atomic E-state index is 10.8. The van der Waals surface area contributed by atoms with Gasteiger partial charge in [-0.25, -0.2) is 0 Å². The number of hydrogen-bond donors (Lipinski definition) is 2. The molecule has 0 amide bonds. The first kappa shape index (κ1) is 12.5. The lowest BCUT2D eigenvalue weighted by Gasteiger charge is -2.13. The maximum atomic E-state index is 10.8. The number of ether oxygens (including phenoxy) is 1. The lowest BCUT2D eigenvalue weighted by Crippen LogP contribution is -2.21. The van der Waals surface area contributed by atoms with Gasteiger partial charge in [0.05, 0.1) is 6.61 Å². The van der Waals surface area contributed by atoms with Crippen LogP contribution in [-0.4, -0.2) is 17.7 Å². The van der Waals surface area contributed by atoms with Crippen molar-refractivity contribution in [3.05, 3.63) is 29.8 Å². The van der Waals surface area contributed by atoms with E-state index in [9.17, 15) is 4.79 Å². The summed E-state index contributed by atoms with van der Waals surface area (Å²) >= 11 is 0. The molecule has 4 nitrogen and oxygen atoms in total.